The monoisotopic (exact) mass is 478 g/mol. The number of anilines is 1. The van der Waals surface area contributed by atoms with E-state index in [9.17, 15) is 14.0 Å². The van der Waals surface area contributed by atoms with Crippen LogP contribution < -0.4 is 10.6 Å². The lowest BCUT2D eigenvalue weighted by molar-refractivity contribution is -0.117. The fourth-order valence-electron chi connectivity index (χ4n) is 3.48. The molecule has 0 bridgehead atoms. The molecular weight excluding hydrogens is 455 g/mol. The maximum Gasteiger partial charge on any atom is 0.255 e. The third kappa shape index (κ3) is 5.57. The van der Waals surface area contributed by atoms with Gasteiger partial charge in [-0.1, -0.05) is 24.6 Å². The maximum atomic E-state index is 13.0. The third-order valence-electron chi connectivity index (χ3n) is 5.27. The van der Waals surface area contributed by atoms with E-state index < -0.39 is 5.82 Å². The number of nitrogens with one attached hydrogen (secondary N) is 2. The molecule has 174 valence electrons. The molecular formula is C24H23FN6O2S. The summed E-state index contributed by atoms with van der Waals surface area (Å²) in [6, 6.07) is 8.60. The van der Waals surface area contributed by atoms with Crippen molar-refractivity contribution in [2.45, 2.75) is 31.6 Å². The number of benzene rings is 1. The largest absolute Gasteiger partial charge is 0.345 e. The average molecular weight is 479 g/mol. The Morgan fingerprint density at radius 2 is 1.94 bits per heavy atom. The van der Waals surface area contributed by atoms with Crippen LogP contribution in [0, 0.1) is 5.82 Å². The minimum absolute atomic E-state index is 0.0237. The van der Waals surface area contributed by atoms with Gasteiger partial charge in [-0.05, 0) is 49.2 Å². The normalized spacial score (nSPS) is 15.3. The Bertz CT molecular complexity index is 1250. The molecule has 0 saturated carbocycles. The number of rotatable bonds is 7. The van der Waals surface area contributed by atoms with Crippen LogP contribution in [0.5, 0.6) is 0 Å². The van der Waals surface area contributed by atoms with Gasteiger partial charge in [-0.3, -0.25) is 9.59 Å². The van der Waals surface area contributed by atoms with Crippen LogP contribution >= 0.6 is 12.6 Å². The van der Waals surface area contributed by atoms with Crippen molar-refractivity contribution in [1.82, 2.24) is 25.1 Å². The molecule has 2 heterocycles. The van der Waals surface area contributed by atoms with Gasteiger partial charge in [0.2, 0.25) is 0 Å². The molecule has 1 atom stereocenters. The topological polar surface area (TPSA) is 102 Å². The Morgan fingerprint density at radius 3 is 2.65 bits per heavy atom. The Morgan fingerprint density at radius 1 is 1.15 bits per heavy atom. The number of allylic oxidation sites excluding steroid dienone is 1. The van der Waals surface area contributed by atoms with Crippen LogP contribution in [0.1, 0.15) is 35.9 Å². The molecule has 3 aromatic rings. The lowest BCUT2D eigenvalue weighted by Gasteiger charge is -2.17. The first-order valence-corrected chi connectivity index (χ1v) is 11.2. The van der Waals surface area contributed by atoms with Gasteiger partial charge in [0, 0.05) is 16.4 Å². The SMILES string of the molecule is CCC1=CC(C(=O)NCc2ncnn2-c2ccc(NC(=O)c3ccc(F)cc3)cn2)=CC(S)C1. The molecule has 1 aromatic carbocycles. The number of hydrogen-bond donors (Lipinski definition) is 3. The maximum absolute atomic E-state index is 13.0. The van der Waals surface area contributed by atoms with Crippen LogP contribution in [0.2, 0.25) is 0 Å². The van der Waals surface area contributed by atoms with E-state index in [2.05, 4.69) is 45.3 Å². The van der Waals surface area contributed by atoms with Crippen molar-refractivity contribution in [3.8, 4) is 5.82 Å². The Kier molecular flexibility index (Phi) is 7.17. The van der Waals surface area contributed by atoms with E-state index in [1.165, 1.54) is 47.0 Å². The van der Waals surface area contributed by atoms with Gasteiger partial charge < -0.3 is 10.6 Å². The zero-order valence-electron chi connectivity index (χ0n) is 18.4. The molecule has 8 nitrogen and oxygen atoms in total. The highest BCUT2D eigenvalue weighted by Gasteiger charge is 2.17. The van der Waals surface area contributed by atoms with Crippen molar-refractivity contribution in [3.63, 3.8) is 0 Å². The number of pyridine rings is 1. The smallest absolute Gasteiger partial charge is 0.255 e. The Hall–Kier alpha value is -3.79. The van der Waals surface area contributed by atoms with Crippen molar-refractivity contribution in [2.24, 2.45) is 0 Å². The van der Waals surface area contributed by atoms with Crippen molar-refractivity contribution in [1.29, 1.82) is 0 Å². The van der Waals surface area contributed by atoms with E-state index in [1.807, 2.05) is 12.2 Å². The van der Waals surface area contributed by atoms with Gasteiger partial charge in [0.15, 0.2) is 11.6 Å². The molecule has 34 heavy (non-hydrogen) atoms. The first-order chi connectivity index (χ1) is 16.4. The third-order valence-corrected chi connectivity index (χ3v) is 5.61. The molecule has 0 radical (unpaired) electrons. The van der Waals surface area contributed by atoms with Crippen molar-refractivity contribution in [3.05, 3.63) is 89.4 Å². The van der Waals surface area contributed by atoms with Gasteiger partial charge >= 0.3 is 0 Å². The molecule has 2 N–H and O–H groups in total. The quantitative estimate of drug-likeness (QED) is 0.450. The summed E-state index contributed by atoms with van der Waals surface area (Å²) in [4.78, 5) is 33.5. The second-order valence-electron chi connectivity index (χ2n) is 7.69. The van der Waals surface area contributed by atoms with Crippen LogP contribution in [0.4, 0.5) is 10.1 Å². The standard InChI is InChI=1S/C24H23FN6O2S/c1-2-15-9-17(11-20(34)10-15)23(32)27-13-22-28-14-29-31(22)21-8-7-19(12-26-21)30-24(33)16-3-5-18(25)6-4-16/h3-9,11-12,14,20,34H,2,10,13H2,1H3,(H,27,32)(H,30,33). The molecule has 4 rings (SSSR count). The van der Waals surface area contributed by atoms with Gasteiger partial charge in [-0.15, -0.1) is 0 Å². The second-order valence-corrected chi connectivity index (χ2v) is 8.35. The van der Waals surface area contributed by atoms with E-state index in [1.54, 1.807) is 12.1 Å². The van der Waals surface area contributed by atoms with Crippen LogP contribution in [0.3, 0.4) is 0 Å². The van der Waals surface area contributed by atoms with E-state index in [0.29, 0.717) is 28.5 Å². The van der Waals surface area contributed by atoms with Gasteiger partial charge in [0.1, 0.15) is 12.1 Å². The molecule has 1 aliphatic rings. The molecule has 0 spiro atoms. The molecule has 0 saturated heterocycles. The number of halogens is 1. The van der Waals surface area contributed by atoms with E-state index in [4.69, 9.17) is 0 Å². The summed E-state index contributed by atoms with van der Waals surface area (Å²) in [5.74, 6) is -0.0130. The van der Waals surface area contributed by atoms with Crippen molar-refractivity contribution >= 4 is 30.1 Å². The highest BCUT2D eigenvalue weighted by atomic mass is 32.1. The summed E-state index contributed by atoms with van der Waals surface area (Å²) in [5.41, 5.74) is 2.58. The average Bonchev–Trinajstić information content (AvgIpc) is 3.31. The lowest BCUT2D eigenvalue weighted by atomic mass is 9.97. The van der Waals surface area contributed by atoms with Crippen molar-refractivity contribution in [2.75, 3.05) is 5.32 Å². The highest BCUT2D eigenvalue weighted by Crippen LogP contribution is 2.23. The first kappa shape index (κ1) is 23.4. The zero-order valence-corrected chi connectivity index (χ0v) is 19.3. The van der Waals surface area contributed by atoms with Crippen LogP contribution in [-0.2, 0) is 11.3 Å². The van der Waals surface area contributed by atoms with Gasteiger partial charge in [0.25, 0.3) is 11.8 Å². The van der Waals surface area contributed by atoms with Gasteiger partial charge in [-0.25, -0.2) is 14.4 Å². The minimum Gasteiger partial charge on any atom is -0.345 e. The summed E-state index contributed by atoms with van der Waals surface area (Å²) in [5, 5.41) is 9.79. The fraction of sp³-hybridized carbons (Fsp3) is 0.208. The Labute approximate surface area is 201 Å². The zero-order chi connectivity index (χ0) is 24.1. The lowest BCUT2D eigenvalue weighted by Crippen LogP contribution is -2.27. The summed E-state index contributed by atoms with van der Waals surface area (Å²) >= 11 is 4.50. The predicted octanol–water partition coefficient (Wildman–Crippen LogP) is 3.63. The highest BCUT2D eigenvalue weighted by molar-refractivity contribution is 7.81. The van der Waals surface area contributed by atoms with Crippen LogP contribution in [0.15, 0.2) is 72.2 Å². The Balaban J connectivity index is 1.40. The molecule has 1 aliphatic carbocycles. The number of carbonyl (C=O) groups excluding carboxylic acids is 2. The van der Waals surface area contributed by atoms with E-state index >= 15 is 0 Å². The fourth-order valence-corrected chi connectivity index (χ4v) is 3.87. The van der Waals surface area contributed by atoms with Gasteiger partial charge in [0.05, 0.1) is 18.4 Å². The minimum atomic E-state index is -0.411. The summed E-state index contributed by atoms with van der Waals surface area (Å²) in [6.07, 6.45) is 8.35. The number of carbonyl (C=O) groups is 2. The summed E-state index contributed by atoms with van der Waals surface area (Å²) in [6.45, 7) is 2.22. The number of thiol groups is 1. The molecule has 2 aromatic heterocycles. The number of hydrogen-bond acceptors (Lipinski definition) is 6. The van der Waals surface area contributed by atoms with Crippen molar-refractivity contribution < 1.29 is 14.0 Å². The van der Waals surface area contributed by atoms with Crippen LogP contribution in [-0.4, -0.2) is 36.8 Å². The molecule has 10 heteroatoms. The number of amides is 2. The van der Waals surface area contributed by atoms with E-state index in [-0.39, 0.29) is 23.6 Å². The number of nitrogens with zero attached hydrogens (tertiary/aromatic N) is 4. The molecule has 2 amide bonds. The second kappa shape index (κ2) is 10.4. The van der Waals surface area contributed by atoms with Gasteiger partial charge in [-0.2, -0.15) is 22.4 Å². The number of aromatic nitrogens is 4. The van der Waals surface area contributed by atoms with Crippen LogP contribution in [0.25, 0.3) is 5.82 Å². The predicted molar refractivity (Wildman–Crippen MR) is 129 cm³/mol. The molecule has 1 unspecified atom stereocenters. The van der Waals surface area contributed by atoms with E-state index in [0.717, 1.165) is 12.8 Å². The summed E-state index contributed by atoms with van der Waals surface area (Å²) in [7, 11) is 0. The molecule has 0 fully saturated rings. The molecule has 0 aliphatic heterocycles. The first-order valence-electron chi connectivity index (χ1n) is 10.7. The summed E-state index contributed by atoms with van der Waals surface area (Å²) < 4.78 is 14.6.